The van der Waals surface area contributed by atoms with Crippen molar-refractivity contribution in [2.75, 3.05) is 29.9 Å². The third-order valence-electron chi connectivity index (χ3n) is 3.80. The monoisotopic (exact) mass is 327 g/mol. The molecule has 0 radical (unpaired) electrons. The van der Waals surface area contributed by atoms with E-state index in [-0.39, 0.29) is 12.5 Å². The SMILES string of the molecule is CCc1cccc(OCC(=O)Nc2ccc(N(CC)CC)nc2)c1. The van der Waals surface area contributed by atoms with Gasteiger partial charge in [-0.3, -0.25) is 4.79 Å². The average Bonchev–Trinajstić information content (AvgIpc) is 2.62. The van der Waals surface area contributed by atoms with E-state index in [2.05, 4.69) is 36.0 Å². The molecule has 0 aliphatic carbocycles. The number of amides is 1. The van der Waals surface area contributed by atoms with E-state index in [1.165, 1.54) is 5.56 Å². The van der Waals surface area contributed by atoms with E-state index in [9.17, 15) is 4.79 Å². The van der Waals surface area contributed by atoms with Crippen LogP contribution in [0.15, 0.2) is 42.6 Å². The number of pyridine rings is 1. The van der Waals surface area contributed by atoms with E-state index >= 15 is 0 Å². The van der Waals surface area contributed by atoms with Gasteiger partial charge in [-0.2, -0.15) is 0 Å². The Morgan fingerprint density at radius 3 is 2.58 bits per heavy atom. The van der Waals surface area contributed by atoms with E-state index < -0.39 is 0 Å². The Hall–Kier alpha value is -2.56. The molecule has 0 aliphatic rings. The van der Waals surface area contributed by atoms with E-state index in [4.69, 9.17) is 4.74 Å². The molecule has 2 rings (SSSR count). The van der Waals surface area contributed by atoms with Crippen molar-refractivity contribution < 1.29 is 9.53 Å². The maximum absolute atomic E-state index is 12.0. The first kappa shape index (κ1) is 17.8. The first-order valence-corrected chi connectivity index (χ1v) is 8.38. The number of carbonyl (C=O) groups excluding carboxylic acids is 1. The zero-order valence-electron chi connectivity index (χ0n) is 14.6. The largest absolute Gasteiger partial charge is 0.484 e. The van der Waals surface area contributed by atoms with E-state index in [1.54, 1.807) is 6.20 Å². The lowest BCUT2D eigenvalue weighted by Crippen LogP contribution is -2.23. The van der Waals surface area contributed by atoms with Crippen molar-refractivity contribution in [1.82, 2.24) is 4.98 Å². The molecule has 0 atom stereocenters. The number of hydrogen-bond donors (Lipinski definition) is 1. The summed E-state index contributed by atoms with van der Waals surface area (Å²) in [5, 5.41) is 2.80. The summed E-state index contributed by atoms with van der Waals surface area (Å²) < 4.78 is 5.54. The van der Waals surface area contributed by atoms with E-state index in [0.29, 0.717) is 11.4 Å². The molecule has 0 unspecified atom stereocenters. The Bertz CT molecular complexity index is 652. The van der Waals surface area contributed by atoms with E-state index in [1.807, 2.05) is 36.4 Å². The van der Waals surface area contributed by atoms with Crippen LogP contribution in [0.1, 0.15) is 26.3 Å². The van der Waals surface area contributed by atoms with Gasteiger partial charge in [-0.25, -0.2) is 4.98 Å². The van der Waals surface area contributed by atoms with Gasteiger partial charge >= 0.3 is 0 Å². The minimum atomic E-state index is -0.200. The third kappa shape index (κ3) is 4.98. The standard InChI is InChI=1S/C19H25N3O2/c1-4-15-8-7-9-17(12-15)24-14-19(23)21-16-10-11-18(20-13-16)22(5-2)6-3/h7-13H,4-6,14H2,1-3H3,(H,21,23). The lowest BCUT2D eigenvalue weighted by atomic mass is 10.2. The summed E-state index contributed by atoms with van der Waals surface area (Å²) in [5.41, 5.74) is 1.85. The van der Waals surface area contributed by atoms with Crippen LogP contribution in [0.25, 0.3) is 0 Å². The molecule has 0 aliphatic heterocycles. The molecule has 1 aromatic carbocycles. The van der Waals surface area contributed by atoms with E-state index in [0.717, 1.165) is 25.3 Å². The Balaban J connectivity index is 1.87. The summed E-state index contributed by atoms with van der Waals surface area (Å²) in [6.07, 6.45) is 2.61. The number of nitrogens with one attached hydrogen (secondary N) is 1. The van der Waals surface area contributed by atoms with Crippen LogP contribution in [0, 0.1) is 0 Å². The molecule has 1 amide bonds. The topological polar surface area (TPSA) is 54.5 Å². The molecule has 128 valence electrons. The van der Waals surface area contributed by atoms with Crippen LogP contribution in [0.2, 0.25) is 0 Å². The van der Waals surface area contributed by atoms with Gasteiger partial charge in [-0.1, -0.05) is 19.1 Å². The van der Waals surface area contributed by atoms with Crippen LogP contribution < -0.4 is 15.0 Å². The Morgan fingerprint density at radius 1 is 1.17 bits per heavy atom. The van der Waals surface area contributed by atoms with Gasteiger partial charge in [0, 0.05) is 13.1 Å². The molecule has 0 saturated heterocycles. The zero-order valence-corrected chi connectivity index (χ0v) is 14.6. The lowest BCUT2D eigenvalue weighted by molar-refractivity contribution is -0.118. The predicted octanol–water partition coefficient (Wildman–Crippen LogP) is 3.51. The molecule has 24 heavy (non-hydrogen) atoms. The Labute approximate surface area is 143 Å². The Morgan fingerprint density at radius 2 is 1.96 bits per heavy atom. The summed E-state index contributed by atoms with van der Waals surface area (Å²) in [4.78, 5) is 18.5. The maximum atomic E-state index is 12.0. The van der Waals surface area contributed by atoms with Crippen LogP contribution >= 0.6 is 0 Å². The van der Waals surface area contributed by atoms with Gasteiger partial charge in [0.2, 0.25) is 0 Å². The molecule has 5 nitrogen and oxygen atoms in total. The quantitative estimate of drug-likeness (QED) is 0.806. The fraction of sp³-hybridized carbons (Fsp3) is 0.368. The van der Waals surface area contributed by atoms with Gasteiger partial charge in [0.05, 0.1) is 11.9 Å². The highest BCUT2D eigenvalue weighted by Crippen LogP contribution is 2.15. The minimum absolute atomic E-state index is 0.0229. The first-order chi connectivity index (χ1) is 11.7. The van der Waals surface area contributed by atoms with Gasteiger partial charge in [0.15, 0.2) is 6.61 Å². The van der Waals surface area contributed by atoms with Gasteiger partial charge in [-0.15, -0.1) is 0 Å². The average molecular weight is 327 g/mol. The molecule has 0 saturated carbocycles. The van der Waals surface area contributed by atoms with Gasteiger partial charge < -0.3 is 15.0 Å². The van der Waals surface area contributed by atoms with Crippen LogP contribution in [-0.4, -0.2) is 30.6 Å². The van der Waals surface area contributed by atoms with Crippen molar-refractivity contribution in [1.29, 1.82) is 0 Å². The van der Waals surface area contributed by atoms with Crippen LogP contribution in [0.3, 0.4) is 0 Å². The number of anilines is 2. The zero-order chi connectivity index (χ0) is 17.4. The number of nitrogens with zero attached hydrogens (tertiary/aromatic N) is 2. The molecule has 5 heteroatoms. The first-order valence-electron chi connectivity index (χ1n) is 8.38. The highest BCUT2D eigenvalue weighted by Gasteiger charge is 2.06. The molecule has 0 spiro atoms. The molecule has 0 fully saturated rings. The second-order valence-electron chi connectivity index (χ2n) is 5.42. The fourth-order valence-electron chi connectivity index (χ4n) is 2.40. The van der Waals surface area contributed by atoms with Crippen molar-refractivity contribution in [3.8, 4) is 5.75 Å². The van der Waals surface area contributed by atoms with Crippen molar-refractivity contribution in [3.63, 3.8) is 0 Å². The number of benzene rings is 1. The minimum Gasteiger partial charge on any atom is -0.484 e. The number of aryl methyl sites for hydroxylation is 1. The molecular formula is C19H25N3O2. The normalized spacial score (nSPS) is 10.3. The number of aromatic nitrogens is 1. The second-order valence-corrected chi connectivity index (χ2v) is 5.42. The van der Waals surface area contributed by atoms with Gasteiger partial charge in [0.25, 0.3) is 5.91 Å². The van der Waals surface area contributed by atoms with Gasteiger partial charge in [0.1, 0.15) is 11.6 Å². The number of ether oxygens (including phenoxy) is 1. The summed E-state index contributed by atoms with van der Waals surface area (Å²) >= 11 is 0. The molecule has 1 aromatic heterocycles. The summed E-state index contributed by atoms with van der Waals surface area (Å²) in [5.74, 6) is 1.42. The summed E-state index contributed by atoms with van der Waals surface area (Å²) in [6.45, 7) is 8.04. The Kier molecular flexibility index (Phi) is 6.61. The van der Waals surface area contributed by atoms with Crippen molar-refractivity contribution >= 4 is 17.4 Å². The third-order valence-corrected chi connectivity index (χ3v) is 3.80. The van der Waals surface area contributed by atoms with Gasteiger partial charge in [-0.05, 0) is 50.1 Å². The summed E-state index contributed by atoms with van der Waals surface area (Å²) in [7, 11) is 0. The predicted molar refractivity (Wildman–Crippen MR) is 97.7 cm³/mol. The lowest BCUT2D eigenvalue weighted by Gasteiger charge is -2.19. The highest BCUT2D eigenvalue weighted by molar-refractivity contribution is 5.91. The van der Waals surface area contributed by atoms with Crippen LogP contribution in [0.4, 0.5) is 11.5 Å². The van der Waals surface area contributed by atoms with Crippen LogP contribution in [-0.2, 0) is 11.2 Å². The number of rotatable bonds is 8. The molecule has 1 heterocycles. The maximum Gasteiger partial charge on any atom is 0.262 e. The summed E-state index contributed by atoms with van der Waals surface area (Å²) in [6, 6.07) is 11.5. The molecular weight excluding hydrogens is 302 g/mol. The highest BCUT2D eigenvalue weighted by atomic mass is 16.5. The fourth-order valence-corrected chi connectivity index (χ4v) is 2.40. The smallest absolute Gasteiger partial charge is 0.262 e. The molecule has 2 aromatic rings. The van der Waals surface area contributed by atoms with Crippen molar-refractivity contribution in [3.05, 3.63) is 48.2 Å². The second kappa shape index (κ2) is 8.91. The number of carbonyl (C=O) groups is 1. The number of hydrogen-bond acceptors (Lipinski definition) is 4. The van der Waals surface area contributed by atoms with Crippen molar-refractivity contribution in [2.45, 2.75) is 27.2 Å². The van der Waals surface area contributed by atoms with Crippen LogP contribution in [0.5, 0.6) is 5.75 Å². The molecule has 0 bridgehead atoms. The molecule has 1 N–H and O–H groups in total. The van der Waals surface area contributed by atoms with Crippen molar-refractivity contribution in [2.24, 2.45) is 0 Å².